The molecule has 1 amide bonds. The standard InChI is InChI=1S/C13H19N3O2S/c1-8(17)11-6-14-13(19-11)16-5-4-10-9(7-16)2-3-12(18)15-10/h6,8-10,17H,2-5,7H2,1H3,(H,15,18). The zero-order valence-electron chi connectivity index (χ0n) is 11.0. The summed E-state index contributed by atoms with van der Waals surface area (Å²) in [6, 6.07) is 0.341. The molecule has 104 valence electrons. The minimum absolute atomic E-state index is 0.195. The quantitative estimate of drug-likeness (QED) is 0.857. The fourth-order valence-corrected chi connectivity index (χ4v) is 3.79. The molecule has 0 aromatic carbocycles. The van der Waals surface area contributed by atoms with E-state index in [1.54, 1.807) is 24.5 Å². The third-order valence-electron chi connectivity index (χ3n) is 4.02. The topological polar surface area (TPSA) is 65.5 Å². The molecule has 3 atom stereocenters. The van der Waals surface area contributed by atoms with Crippen LogP contribution in [0.3, 0.4) is 0 Å². The van der Waals surface area contributed by atoms with E-state index in [0.29, 0.717) is 18.4 Å². The van der Waals surface area contributed by atoms with Gasteiger partial charge in [-0.25, -0.2) is 4.98 Å². The molecule has 0 saturated carbocycles. The molecule has 3 heterocycles. The van der Waals surface area contributed by atoms with Crippen molar-refractivity contribution in [3.8, 4) is 0 Å². The largest absolute Gasteiger partial charge is 0.388 e. The second kappa shape index (κ2) is 5.09. The molecular formula is C13H19N3O2S. The summed E-state index contributed by atoms with van der Waals surface area (Å²) in [4.78, 5) is 19.0. The fourth-order valence-electron chi connectivity index (χ4n) is 2.90. The van der Waals surface area contributed by atoms with E-state index in [4.69, 9.17) is 0 Å². The number of hydrogen-bond donors (Lipinski definition) is 2. The van der Waals surface area contributed by atoms with Gasteiger partial charge < -0.3 is 15.3 Å². The van der Waals surface area contributed by atoms with Crippen molar-refractivity contribution in [1.29, 1.82) is 0 Å². The Morgan fingerprint density at radius 2 is 2.42 bits per heavy atom. The number of aromatic nitrogens is 1. The average Bonchev–Trinajstić information content (AvgIpc) is 2.88. The lowest BCUT2D eigenvalue weighted by atomic mass is 9.85. The van der Waals surface area contributed by atoms with Gasteiger partial charge in [-0.2, -0.15) is 0 Å². The van der Waals surface area contributed by atoms with Crippen LogP contribution in [0.2, 0.25) is 0 Å². The minimum Gasteiger partial charge on any atom is -0.388 e. The van der Waals surface area contributed by atoms with Gasteiger partial charge in [0.2, 0.25) is 5.91 Å². The summed E-state index contributed by atoms with van der Waals surface area (Å²) in [6.45, 7) is 3.64. The SMILES string of the molecule is CC(O)c1cnc(N2CCC3NC(=O)CCC3C2)s1. The van der Waals surface area contributed by atoms with Crippen LogP contribution < -0.4 is 10.2 Å². The number of piperidine rings is 2. The monoisotopic (exact) mass is 281 g/mol. The van der Waals surface area contributed by atoms with E-state index in [1.807, 2.05) is 0 Å². The molecule has 2 aliphatic rings. The van der Waals surface area contributed by atoms with Crippen LogP contribution in [0.5, 0.6) is 0 Å². The van der Waals surface area contributed by atoms with Crippen molar-refractivity contribution in [2.75, 3.05) is 18.0 Å². The Bertz CT molecular complexity index is 474. The zero-order valence-corrected chi connectivity index (χ0v) is 11.8. The Morgan fingerprint density at radius 3 is 3.16 bits per heavy atom. The molecule has 1 aromatic rings. The van der Waals surface area contributed by atoms with Crippen molar-refractivity contribution < 1.29 is 9.90 Å². The number of carbonyl (C=O) groups excluding carboxylic acids is 1. The maximum atomic E-state index is 11.4. The summed E-state index contributed by atoms with van der Waals surface area (Å²) in [5.74, 6) is 0.727. The number of rotatable bonds is 2. The number of fused-ring (bicyclic) bond motifs is 1. The van der Waals surface area contributed by atoms with Gasteiger partial charge in [0.05, 0.1) is 11.0 Å². The van der Waals surface area contributed by atoms with E-state index in [-0.39, 0.29) is 5.91 Å². The Hall–Kier alpha value is -1.14. The first-order chi connectivity index (χ1) is 9.13. The first-order valence-electron chi connectivity index (χ1n) is 6.81. The van der Waals surface area contributed by atoms with Gasteiger partial charge in [-0.3, -0.25) is 4.79 Å². The third kappa shape index (κ3) is 2.60. The van der Waals surface area contributed by atoms with Crippen LogP contribution in [0.25, 0.3) is 0 Å². The van der Waals surface area contributed by atoms with Crippen molar-refractivity contribution in [3.05, 3.63) is 11.1 Å². The normalized spacial score (nSPS) is 28.7. The number of hydrogen-bond acceptors (Lipinski definition) is 5. The summed E-state index contributed by atoms with van der Waals surface area (Å²) in [6.07, 6.45) is 3.92. The fraction of sp³-hybridized carbons (Fsp3) is 0.692. The lowest BCUT2D eigenvalue weighted by Gasteiger charge is -2.41. The molecule has 3 rings (SSSR count). The van der Waals surface area contributed by atoms with Crippen molar-refractivity contribution in [2.45, 2.75) is 38.3 Å². The van der Waals surface area contributed by atoms with Gasteiger partial charge >= 0.3 is 0 Å². The van der Waals surface area contributed by atoms with E-state index in [0.717, 1.165) is 35.9 Å². The number of aliphatic hydroxyl groups excluding tert-OH is 1. The molecule has 1 aromatic heterocycles. The van der Waals surface area contributed by atoms with Crippen molar-refractivity contribution in [1.82, 2.24) is 10.3 Å². The number of amides is 1. The van der Waals surface area contributed by atoms with Crippen LogP contribution in [0.1, 0.15) is 37.2 Å². The molecular weight excluding hydrogens is 262 g/mol. The molecule has 5 nitrogen and oxygen atoms in total. The summed E-state index contributed by atoms with van der Waals surface area (Å²) in [5, 5.41) is 13.6. The van der Waals surface area contributed by atoms with Crippen LogP contribution >= 0.6 is 11.3 Å². The van der Waals surface area contributed by atoms with E-state index in [1.165, 1.54) is 0 Å². The Kier molecular flexibility index (Phi) is 3.45. The van der Waals surface area contributed by atoms with Crippen LogP contribution in [-0.4, -0.2) is 35.1 Å². The van der Waals surface area contributed by atoms with Crippen LogP contribution in [-0.2, 0) is 4.79 Å². The summed E-state index contributed by atoms with van der Waals surface area (Å²) >= 11 is 1.56. The van der Waals surface area contributed by atoms with Gasteiger partial charge in [-0.05, 0) is 25.7 Å². The Balaban J connectivity index is 1.68. The third-order valence-corrected chi connectivity index (χ3v) is 5.24. The van der Waals surface area contributed by atoms with Crippen LogP contribution in [0.4, 0.5) is 5.13 Å². The van der Waals surface area contributed by atoms with Gasteiger partial charge in [-0.1, -0.05) is 11.3 Å². The second-order valence-corrected chi connectivity index (χ2v) is 6.47. The van der Waals surface area contributed by atoms with Crippen molar-refractivity contribution in [2.24, 2.45) is 5.92 Å². The number of thiazole rings is 1. The summed E-state index contributed by atoms with van der Waals surface area (Å²) in [5.41, 5.74) is 0. The van der Waals surface area contributed by atoms with Gasteiger partial charge in [-0.15, -0.1) is 0 Å². The van der Waals surface area contributed by atoms with E-state index < -0.39 is 6.10 Å². The molecule has 0 radical (unpaired) electrons. The van der Waals surface area contributed by atoms with E-state index in [9.17, 15) is 9.90 Å². The molecule has 0 aliphatic carbocycles. The highest BCUT2D eigenvalue weighted by Crippen LogP contribution is 2.32. The van der Waals surface area contributed by atoms with Gasteiger partial charge in [0.15, 0.2) is 5.13 Å². The van der Waals surface area contributed by atoms with E-state index >= 15 is 0 Å². The second-order valence-electron chi connectivity index (χ2n) is 5.43. The maximum absolute atomic E-state index is 11.4. The molecule has 2 aliphatic heterocycles. The van der Waals surface area contributed by atoms with Gasteiger partial charge in [0, 0.05) is 31.7 Å². The Labute approximate surface area is 116 Å². The van der Waals surface area contributed by atoms with Crippen LogP contribution in [0, 0.1) is 5.92 Å². The molecule has 19 heavy (non-hydrogen) atoms. The Morgan fingerprint density at radius 1 is 1.58 bits per heavy atom. The molecule has 0 spiro atoms. The average molecular weight is 281 g/mol. The summed E-state index contributed by atoms with van der Waals surface area (Å²) in [7, 11) is 0. The van der Waals surface area contributed by atoms with Crippen LogP contribution in [0.15, 0.2) is 6.20 Å². The molecule has 2 N–H and O–H groups in total. The highest BCUT2D eigenvalue weighted by Gasteiger charge is 2.34. The molecule has 6 heteroatoms. The lowest BCUT2D eigenvalue weighted by Crippen LogP contribution is -2.54. The minimum atomic E-state index is -0.447. The highest BCUT2D eigenvalue weighted by molar-refractivity contribution is 7.15. The van der Waals surface area contributed by atoms with E-state index in [2.05, 4.69) is 15.2 Å². The van der Waals surface area contributed by atoms with Crippen molar-refractivity contribution in [3.63, 3.8) is 0 Å². The number of carbonyl (C=O) groups is 1. The molecule has 2 fully saturated rings. The number of nitrogens with one attached hydrogen (secondary N) is 1. The lowest BCUT2D eigenvalue weighted by molar-refractivity contribution is -0.124. The number of anilines is 1. The highest BCUT2D eigenvalue weighted by atomic mass is 32.1. The summed E-state index contributed by atoms with van der Waals surface area (Å²) < 4.78 is 0. The predicted octanol–water partition coefficient (Wildman–Crippen LogP) is 1.30. The number of aliphatic hydroxyl groups is 1. The zero-order chi connectivity index (χ0) is 13.4. The molecule has 0 bridgehead atoms. The molecule has 3 unspecified atom stereocenters. The van der Waals surface area contributed by atoms with Gasteiger partial charge in [0.25, 0.3) is 0 Å². The smallest absolute Gasteiger partial charge is 0.220 e. The maximum Gasteiger partial charge on any atom is 0.220 e. The molecule has 2 saturated heterocycles. The van der Waals surface area contributed by atoms with Crippen molar-refractivity contribution >= 4 is 22.4 Å². The number of nitrogens with zero attached hydrogens (tertiary/aromatic N) is 2. The first-order valence-corrected chi connectivity index (χ1v) is 7.63. The first kappa shape index (κ1) is 12.9. The predicted molar refractivity (Wildman–Crippen MR) is 74.2 cm³/mol. The van der Waals surface area contributed by atoms with Gasteiger partial charge in [0.1, 0.15) is 0 Å².